The number of nitrogens with zero attached hydrogens (tertiary/aromatic N) is 1. The first-order valence-electron chi connectivity index (χ1n) is 6.32. The number of rotatable bonds is 5. The summed E-state index contributed by atoms with van der Waals surface area (Å²) in [5.41, 5.74) is 3.01. The van der Waals surface area contributed by atoms with Crippen LogP contribution >= 0.6 is 15.9 Å². The summed E-state index contributed by atoms with van der Waals surface area (Å²) in [6.45, 7) is 2.63. The van der Waals surface area contributed by atoms with Crippen LogP contribution in [0.2, 0.25) is 0 Å². The van der Waals surface area contributed by atoms with Gasteiger partial charge in [0.1, 0.15) is 5.75 Å². The van der Waals surface area contributed by atoms with Crippen molar-refractivity contribution in [2.45, 2.75) is 13.5 Å². The fourth-order valence-electron chi connectivity index (χ4n) is 1.88. The fourth-order valence-corrected chi connectivity index (χ4v) is 2.31. The first-order chi connectivity index (χ1) is 10.0. The third kappa shape index (κ3) is 3.72. The van der Waals surface area contributed by atoms with Crippen LogP contribution in [0.3, 0.4) is 0 Å². The van der Waals surface area contributed by atoms with E-state index in [1.165, 1.54) is 24.8 Å². The summed E-state index contributed by atoms with van der Waals surface area (Å²) in [4.78, 5) is 10.3. The van der Waals surface area contributed by atoms with Crippen molar-refractivity contribution in [2.75, 3.05) is 12.4 Å². The highest BCUT2D eigenvalue weighted by atomic mass is 79.9. The SMILES string of the molecule is COc1cc([N+](=O)[O-])ccc1NCc1ccc(C)c(Br)c1. The molecule has 110 valence electrons. The molecule has 6 heteroatoms. The second-order valence-corrected chi connectivity index (χ2v) is 5.43. The minimum absolute atomic E-state index is 0.00970. The highest BCUT2D eigenvalue weighted by molar-refractivity contribution is 9.10. The van der Waals surface area contributed by atoms with Crippen molar-refractivity contribution < 1.29 is 9.66 Å². The van der Waals surface area contributed by atoms with Gasteiger partial charge in [0.25, 0.3) is 5.69 Å². The van der Waals surface area contributed by atoms with E-state index >= 15 is 0 Å². The van der Waals surface area contributed by atoms with Crippen molar-refractivity contribution in [3.63, 3.8) is 0 Å². The molecular weight excluding hydrogens is 336 g/mol. The Balaban J connectivity index is 2.15. The zero-order chi connectivity index (χ0) is 15.4. The van der Waals surface area contributed by atoms with Gasteiger partial charge in [0.05, 0.1) is 23.8 Å². The number of nitro groups is 1. The largest absolute Gasteiger partial charge is 0.494 e. The van der Waals surface area contributed by atoms with E-state index in [0.29, 0.717) is 12.3 Å². The van der Waals surface area contributed by atoms with Gasteiger partial charge in [-0.2, -0.15) is 0 Å². The molecule has 2 aromatic carbocycles. The maximum absolute atomic E-state index is 10.8. The molecule has 0 aliphatic heterocycles. The van der Waals surface area contributed by atoms with Gasteiger partial charge in [-0.15, -0.1) is 0 Å². The molecule has 2 rings (SSSR count). The van der Waals surface area contributed by atoms with Crippen molar-refractivity contribution in [1.29, 1.82) is 0 Å². The van der Waals surface area contributed by atoms with Gasteiger partial charge in [0, 0.05) is 17.1 Å². The number of hydrogen-bond acceptors (Lipinski definition) is 4. The lowest BCUT2D eigenvalue weighted by molar-refractivity contribution is -0.384. The van der Waals surface area contributed by atoms with Gasteiger partial charge in [0.2, 0.25) is 0 Å². The Morgan fingerprint density at radius 3 is 2.67 bits per heavy atom. The molecule has 0 radical (unpaired) electrons. The first kappa shape index (κ1) is 15.3. The Hall–Kier alpha value is -2.08. The van der Waals surface area contributed by atoms with E-state index in [9.17, 15) is 10.1 Å². The Morgan fingerprint density at radius 2 is 2.05 bits per heavy atom. The highest BCUT2D eigenvalue weighted by Crippen LogP contribution is 2.29. The molecule has 1 N–H and O–H groups in total. The summed E-state index contributed by atoms with van der Waals surface area (Å²) in [5.74, 6) is 0.454. The maximum Gasteiger partial charge on any atom is 0.273 e. The smallest absolute Gasteiger partial charge is 0.273 e. The maximum atomic E-state index is 10.8. The molecule has 0 aliphatic rings. The van der Waals surface area contributed by atoms with Crippen LogP contribution in [-0.2, 0) is 6.54 Å². The van der Waals surface area contributed by atoms with E-state index in [4.69, 9.17) is 4.74 Å². The Kier molecular flexibility index (Phi) is 4.80. The molecule has 0 heterocycles. The third-order valence-corrected chi connectivity index (χ3v) is 3.97. The van der Waals surface area contributed by atoms with Crippen LogP contribution in [0.25, 0.3) is 0 Å². The predicted molar refractivity (Wildman–Crippen MR) is 85.9 cm³/mol. The molecule has 0 atom stereocenters. The van der Waals surface area contributed by atoms with E-state index < -0.39 is 4.92 Å². The lowest BCUT2D eigenvalue weighted by Crippen LogP contribution is -2.02. The lowest BCUT2D eigenvalue weighted by Gasteiger charge is -2.11. The zero-order valence-electron chi connectivity index (χ0n) is 11.7. The average Bonchev–Trinajstić information content (AvgIpc) is 2.48. The Labute approximate surface area is 131 Å². The molecule has 0 spiro atoms. The minimum Gasteiger partial charge on any atom is -0.494 e. The third-order valence-electron chi connectivity index (χ3n) is 3.12. The zero-order valence-corrected chi connectivity index (χ0v) is 13.3. The molecule has 21 heavy (non-hydrogen) atoms. The molecule has 0 amide bonds. The summed E-state index contributed by atoms with van der Waals surface area (Å²) in [7, 11) is 1.49. The van der Waals surface area contributed by atoms with E-state index in [0.717, 1.165) is 15.7 Å². The van der Waals surface area contributed by atoms with Crippen LogP contribution in [0.15, 0.2) is 40.9 Å². The number of halogens is 1. The standard InChI is InChI=1S/C15H15BrN2O3/c1-10-3-4-11(7-13(10)16)9-17-14-6-5-12(18(19)20)8-15(14)21-2/h3-8,17H,9H2,1-2H3. The number of methoxy groups -OCH3 is 1. The predicted octanol–water partition coefficient (Wildman–Crippen LogP) is 4.29. The summed E-state index contributed by atoms with van der Waals surface area (Å²) < 4.78 is 6.24. The van der Waals surface area contributed by atoms with Gasteiger partial charge < -0.3 is 10.1 Å². The summed E-state index contributed by atoms with van der Waals surface area (Å²) in [6, 6.07) is 10.6. The topological polar surface area (TPSA) is 64.4 Å². The molecule has 5 nitrogen and oxygen atoms in total. The number of hydrogen-bond donors (Lipinski definition) is 1. The normalized spacial score (nSPS) is 10.2. The number of benzene rings is 2. The molecule has 0 bridgehead atoms. The lowest BCUT2D eigenvalue weighted by atomic mass is 10.1. The Bertz CT molecular complexity index is 674. The molecule has 0 saturated carbocycles. The molecule has 0 fully saturated rings. The van der Waals surface area contributed by atoms with Crippen LogP contribution in [0.4, 0.5) is 11.4 Å². The van der Waals surface area contributed by atoms with E-state index in [1.54, 1.807) is 6.07 Å². The van der Waals surface area contributed by atoms with Crippen LogP contribution < -0.4 is 10.1 Å². The Morgan fingerprint density at radius 1 is 1.29 bits per heavy atom. The molecule has 0 saturated heterocycles. The summed E-state index contributed by atoms with van der Waals surface area (Å²) in [5, 5.41) is 14.0. The first-order valence-corrected chi connectivity index (χ1v) is 7.12. The van der Waals surface area contributed by atoms with Crippen molar-refractivity contribution in [2.24, 2.45) is 0 Å². The van der Waals surface area contributed by atoms with Crippen LogP contribution in [-0.4, -0.2) is 12.0 Å². The summed E-state index contributed by atoms with van der Waals surface area (Å²) in [6.07, 6.45) is 0. The fraction of sp³-hybridized carbons (Fsp3) is 0.200. The van der Waals surface area contributed by atoms with Gasteiger partial charge in [-0.3, -0.25) is 10.1 Å². The van der Waals surface area contributed by atoms with Crippen LogP contribution in [0, 0.1) is 17.0 Å². The van der Waals surface area contributed by atoms with E-state index in [1.807, 2.05) is 25.1 Å². The molecule has 0 aliphatic carbocycles. The van der Waals surface area contributed by atoms with E-state index in [-0.39, 0.29) is 5.69 Å². The number of non-ortho nitro benzene ring substituents is 1. The van der Waals surface area contributed by atoms with Crippen molar-refractivity contribution in [1.82, 2.24) is 0 Å². The number of nitrogens with one attached hydrogen (secondary N) is 1. The molecule has 2 aromatic rings. The van der Waals surface area contributed by atoms with Crippen molar-refractivity contribution >= 4 is 27.3 Å². The second kappa shape index (κ2) is 6.58. The molecular formula is C15H15BrN2O3. The summed E-state index contributed by atoms with van der Waals surface area (Å²) >= 11 is 3.50. The monoisotopic (exact) mass is 350 g/mol. The van der Waals surface area contributed by atoms with Crippen LogP contribution in [0.1, 0.15) is 11.1 Å². The van der Waals surface area contributed by atoms with Crippen molar-refractivity contribution in [3.8, 4) is 5.75 Å². The highest BCUT2D eigenvalue weighted by Gasteiger charge is 2.11. The minimum atomic E-state index is -0.441. The number of ether oxygens (including phenoxy) is 1. The quantitative estimate of drug-likeness (QED) is 0.645. The number of nitro benzene ring substituents is 1. The second-order valence-electron chi connectivity index (χ2n) is 4.58. The van der Waals surface area contributed by atoms with Gasteiger partial charge in [0.15, 0.2) is 0 Å². The average molecular weight is 351 g/mol. The van der Waals surface area contributed by atoms with Gasteiger partial charge in [-0.05, 0) is 30.2 Å². The van der Waals surface area contributed by atoms with Gasteiger partial charge in [-0.1, -0.05) is 28.1 Å². The molecule has 0 unspecified atom stereocenters. The number of aryl methyl sites for hydroxylation is 1. The van der Waals surface area contributed by atoms with Crippen molar-refractivity contribution in [3.05, 3.63) is 62.1 Å². The molecule has 0 aromatic heterocycles. The van der Waals surface area contributed by atoms with Gasteiger partial charge >= 0.3 is 0 Å². The van der Waals surface area contributed by atoms with Crippen LogP contribution in [0.5, 0.6) is 5.75 Å². The number of anilines is 1. The van der Waals surface area contributed by atoms with Gasteiger partial charge in [-0.25, -0.2) is 0 Å². The van der Waals surface area contributed by atoms with E-state index in [2.05, 4.69) is 21.2 Å².